The molecule has 106 valence electrons. The number of rotatable bonds is 5. The average molecular weight is 263 g/mol. The summed E-state index contributed by atoms with van der Waals surface area (Å²) in [6.07, 6.45) is 2.46. The van der Waals surface area contributed by atoms with Gasteiger partial charge in [0.15, 0.2) is 0 Å². The van der Waals surface area contributed by atoms with Gasteiger partial charge in [0, 0.05) is 24.0 Å². The summed E-state index contributed by atoms with van der Waals surface area (Å²) >= 11 is 0. The Labute approximate surface area is 115 Å². The zero-order chi connectivity index (χ0) is 13.8. The summed E-state index contributed by atoms with van der Waals surface area (Å²) in [5.41, 5.74) is 2.28. The maximum Gasteiger partial charge on any atom is 0.239 e. The van der Waals surface area contributed by atoms with Gasteiger partial charge in [-0.05, 0) is 51.9 Å². The first-order valence-electron chi connectivity index (χ1n) is 7.25. The van der Waals surface area contributed by atoms with Gasteiger partial charge in [0.05, 0.1) is 0 Å². The van der Waals surface area contributed by atoms with Crippen LogP contribution in [0, 0.1) is 13.8 Å². The molecule has 19 heavy (non-hydrogen) atoms. The van der Waals surface area contributed by atoms with Crippen LogP contribution in [-0.4, -0.2) is 41.1 Å². The molecule has 4 nitrogen and oxygen atoms in total. The summed E-state index contributed by atoms with van der Waals surface area (Å²) in [6, 6.07) is 4.64. The highest BCUT2D eigenvalue weighted by molar-refractivity contribution is 5.76. The van der Waals surface area contributed by atoms with E-state index in [0.717, 1.165) is 24.5 Å². The molecule has 0 radical (unpaired) electrons. The van der Waals surface area contributed by atoms with Gasteiger partial charge in [-0.1, -0.05) is 6.92 Å². The van der Waals surface area contributed by atoms with E-state index in [9.17, 15) is 4.79 Å². The highest BCUT2D eigenvalue weighted by Gasteiger charge is 2.23. The summed E-state index contributed by atoms with van der Waals surface area (Å²) in [5, 5.41) is 3.08. The minimum Gasteiger partial charge on any atom is -0.353 e. The monoisotopic (exact) mass is 263 g/mol. The lowest BCUT2D eigenvalue weighted by Gasteiger charge is -2.23. The second kappa shape index (κ2) is 6.24. The predicted octanol–water partition coefficient (Wildman–Crippen LogP) is 1.71. The summed E-state index contributed by atoms with van der Waals surface area (Å²) in [4.78, 5) is 14.5. The van der Waals surface area contributed by atoms with Gasteiger partial charge in [-0.2, -0.15) is 0 Å². The number of hydrogen-bond acceptors (Lipinski definition) is 2. The lowest BCUT2D eigenvalue weighted by atomic mass is 10.2. The van der Waals surface area contributed by atoms with Crippen molar-refractivity contribution in [2.24, 2.45) is 0 Å². The number of aromatic nitrogens is 1. The topological polar surface area (TPSA) is 37.3 Å². The molecule has 1 aliphatic rings. The third kappa shape index (κ3) is 3.38. The van der Waals surface area contributed by atoms with Crippen LogP contribution in [0.1, 0.15) is 31.2 Å². The Bertz CT molecular complexity index is 419. The van der Waals surface area contributed by atoms with Crippen molar-refractivity contribution < 1.29 is 4.79 Å². The molecule has 0 bridgehead atoms. The molecule has 1 fully saturated rings. The molecule has 0 unspecified atom stereocenters. The number of nitrogens with one attached hydrogen (secondary N) is 1. The van der Waals surface area contributed by atoms with Gasteiger partial charge < -0.3 is 9.88 Å². The first-order chi connectivity index (χ1) is 9.11. The van der Waals surface area contributed by atoms with E-state index >= 15 is 0 Å². The molecule has 0 saturated carbocycles. The predicted molar refractivity (Wildman–Crippen MR) is 77.2 cm³/mol. The van der Waals surface area contributed by atoms with Crippen LogP contribution in [0.5, 0.6) is 0 Å². The highest BCUT2D eigenvalue weighted by atomic mass is 16.1. The molecule has 1 amide bonds. The third-order valence-electron chi connectivity index (χ3n) is 4.16. The number of amides is 1. The van der Waals surface area contributed by atoms with Crippen LogP contribution in [0.3, 0.4) is 0 Å². The molecule has 2 rings (SSSR count). The number of likely N-dealkylation sites (tertiary alicyclic amines) is 1. The number of hydrogen-bond donors (Lipinski definition) is 1. The second-order valence-corrected chi connectivity index (χ2v) is 5.43. The summed E-state index contributed by atoms with van der Waals surface area (Å²) in [6.45, 7) is 9.73. The van der Waals surface area contributed by atoms with Crippen LogP contribution in [0.4, 0.5) is 0 Å². The molecule has 0 aliphatic carbocycles. The van der Waals surface area contributed by atoms with Crippen molar-refractivity contribution in [3.8, 4) is 0 Å². The molecule has 1 aromatic rings. The van der Waals surface area contributed by atoms with Crippen molar-refractivity contribution in [1.82, 2.24) is 14.8 Å². The van der Waals surface area contributed by atoms with Crippen molar-refractivity contribution in [2.75, 3.05) is 19.6 Å². The fraction of sp³-hybridized carbons (Fsp3) is 0.667. The average Bonchev–Trinajstić information content (AvgIpc) is 2.97. The first kappa shape index (κ1) is 14.1. The van der Waals surface area contributed by atoms with E-state index in [1.807, 2.05) is 13.8 Å². The van der Waals surface area contributed by atoms with Crippen molar-refractivity contribution in [1.29, 1.82) is 0 Å². The van der Waals surface area contributed by atoms with E-state index in [4.69, 9.17) is 0 Å². The van der Waals surface area contributed by atoms with Gasteiger partial charge in [0.2, 0.25) is 5.91 Å². The Balaban J connectivity index is 1.82. The minimum atomic E-state index is 0.116. The second-order valence-electron chi connectivity index (χ2n) is 5.43. The molecular formula is C15H25N3O. The molecule has 2 heterocycles. The molecule has 1 saturated heterocycles. The highest BCUT2D eigenvalue weighted by Crippen LogP contribution is 2.15. The van der Waals surface area contributed by atoms with E-state index in [0.29, 0.717) is 12.6 Å². The summed E-state index contributed by atoms with van der Waals surface area (Å²) in [5.74, 6) is 0.116. The number of carbonyl (C=O) groups excluding carboxylic acids is 1. The zero-order valence-corrected chi connectivity index (χ0v) is 12.3. The van der Waals surface area contributed by atoms with Crippen LogP contribution in [0.15, 0.2) is 12.1 Å². The van der Waals surface area contributed by atoms with Crippen LogP contribution < -0.4 is 5.32 Å². The fourth-order valence-corrected chi connectivity index (χ4v) is 2.92. The van der Waals surface area contributed by atoms with E-state index in [1.54, 1.807) is 0 Å². The molecule has 4 heteroatoms. The number of aryl methyl sites for hydroxylation is 2. The zero-order valence-electron chi connectivity index (χ0n) is 12.3. The SMILES string of the molecule is CCN1CCC[C@@H]1CNC(=O)Cn1c(C)ccc1C. The Morgan fingerprint density at radius 2 is 2.05 bits per heavy atom. The molecular weight excluding hydrogens is 238 g/mol. The molecule has 1 atom stereocenters. The maximum absolute atomic E-state index is 12.0. The number of likely N-dealkylation sites (N-methyl/N-ethyl adjacent to an activating group) is 1. The maximum atomic E-state index is 12.0. The lowest BCUT2D eigenvalue weighted by Crippen LogP contribution is -2.41. The smallest absolute Gasteiger partial charge is 0.239 e. The molecule has 0 spiro atoms. The van der Waals surface area contributed by atoms with Crippen LogP contribution >= 0.6 is 0 Å². The van der Waals surface area contributed by atoms with Gasteiger partial charge in [0.25, 0.3) is 0 Å². The van der Waals surface area contributed by atoms with E-state index < -0.39 is 0 Å². The van der Waals surface area contributed by atoms with Crippen LogP contribution in [-0.2, 0) is 11.3 Å². The van der Waals surface area contributed by atoms with Gasteiger partial charge in [-0.25, -0.2) is 0 Å². The van der Waals surface area contributed by atoms with Crippen LogP contribution in [0.25, 0.3) is 0 Å². The standard InChI is InChI=1S/C15H25N3O/c1-4-17-9-5-6-14(17)10-16-15(19)11-18-12(2)7-8-13(18)3/h7-8,14H,4-6,9-11H2,1-3H3,(H,16,19)/t14-/m1/s1. The Kier molecular flexibility index (Phi) is 4.64. The van der Waals surface area contributed by atoms with Gasteiger partial charge >= 0.3 is 0 Å². The Morgan fingerprint density at radius 3 is 2.68 bits per heavy atom. The normalized spacial score (nSPS) is 19.8. The van der Waals surface area contributed by atoms with Crippen molar-refractivity contribution in [3.05, 3.63) is 23.5 Å². The van der Waals surface area contributed by atoms with Gasteiger partial charge in [0.1, 0.15) is 6.54 Å². The van der Waals surface area contributed by atoms with Crippen molar-refractivity contribution in [3.63, 3.8) is 0 Å². The largest absolute Gasteiger partial charge is 0.353 e. The molecule has 0 aromatic carbocycles. The van der Waals surface area contributed by atoms with Crippen LogP contribution in [0.2, 0.25) is 0 Å². The van der Waals surface area contributed by atoms with Gasteiger partial charge in [-0.3, -0.25) is 9.69 Å². The van der Waals surface area contributed by atoms with E-state index in [-0.39, 0.29) is 5.91 Å². The number of nitrogens with zero attached hydrogens (tertiary/aromatic N) is 2. The van der Waals surface area contributed by atoms with E-state index in [1.165, 1.54) is 19.4 Å². The molecule has 1 aromatic heterocycles. The third-order valence-corrected chi connectivity index (χ3v) is 4.16. The first-order valence-corrected chi connectivity index (χ1v) is 7.25. The lowest BCUT2D eigenvalue weighted by molar-refractivity contribution is -0.121. The fourth-order valence-electron chi connectivity index (χ4n) is 2.92. The Morgan fingerprint density at radius 1 is 1.37 bits per heavy atom. The van der Waals surface area contributed by atoms with Crippen molar-refractivity contribution in [2.45, 2.75) is 46.2 Å². The summed E-state index contributed by atoms with van der Waals surface area (Å²) < 4.78 is 2.06. The summed E-state index contributed by atoms with van der Waals surface area (Å²) in [7, 11) is 0. The van der Waals surface area contributed by atoms with E-state index in [2.05, 4.69) is 33.8 Å². The molecule has 1 aliphatic heterocycles. The van der Waals surface area contributed by atoms with Gasteiger partial charge in [-0.15, -0.1) is 0 Å². The molecule has 1 N–H and O–H groups in total. The Hall–Kier alpha value is -1.29. The van der Waals surface area contributed by atoms with Crippen molar-refractivity contribution >= 4 is 5.91 Å². The quantitative estimate of drug-likeness (QED) is 0.878. The minimum absolute atomic E-state index is 0.116. The number of carbonyl (C=O) groups is 1.